The zero-order chi connectivity index (χ0) is 33.2. The van der Waals surface area contributed by atoms with Gasteiger partial charge in [-0.2, -0.15) is 4.98 Å². The summed E-state index contributed by atoms with van der Waals surface area (Å²) in [6.45, 7) is 7.07. The van der Waals surface area contributed by atoms with Crippen molar-refractivity contribution in [2.45, 2.75) is 56.3 Å². The predicted octanol–water partition coefficient (Wildman–Crippen LogP) is 3.75. The first-order valence-electron chi connectivity index (χ1n) is 15.2. The Kier molecular flexibility index (Phi) is 9.82. The first-order chi connectivity index (χ1) is 21.7. The number of aromatic nitrogens is 3. The van der Waals surface area contributed by atoms with Crippen LogP contribution in [0.4, 0.5) is 17.3 Å². The zero-order valence-electron chi connectivity index (χ0n) is 26.7. The molecule has 1 aliphatic rings. The van der Waals surface area contributed by atoms with Crippen LogP contribution < -0.4 is 21.5 Å². The van der Waals surface area contributed by atoms with Crippen LogP contribution in [0, 0.1) is 6.92 Å². The summed E-state index contributed by atoms with van der Waals surface area (Å²) in [4.78, 5) is 23.4. The van der Waals surface area contributed by atoms with Crippen LogP contribution in [0.5, 0.6) is 0 Å². The second-order valence-corrected chi connectivity index (χ2v) is 16.6. The maximum atomic E-state index is 14.1. The molecule has 5 rings (SSSR count). The summed E-state index contributed by atoms with van der Waals surface area (Å²) in [5.74, 6) is 0.269. The molecular weight excluding hydrogens is 627 g/mol. The number of benzene rings is 2. The Morgan fingerprint density at radius 1 is 1.00 bits per heavy atom. The van der Waals surface area contributed by atoms with E-state index in [0.29, 0.717) is 22.6 Å². The molecule has 3 N–H and O–H groups in total. The lowest BCUT2D eigenvalue weighted by Crippen LogP contribution is -2.35. The van der Waals surface area contributed by atoms with Crippen LogP contribution in [0.2, 0.25) is 0 Å². The molecule has 0 spiro atoms. The molecule has 2 aromatic heterocycles. The lowest BCUT2D eigenvalue weighted by Gasteiger charge is -2.24. The number of anilines is 3. The number of sulfone groups is 1. The topological polar surface area (TPSA) is 155 Å². The van der Waals surface area contributed by atoms with E-state index in [-0.39, 0.29) is 29.5 Å². The van der Waals surface area contributed by atoms with Crippen molar-refractivity contribution >= 4 is 48.2 Å². The van der Waals surface area contributed by atoms with Gasteiger partial charge in [0.25, 0.3) is 5.56 Å². The minimum atomic E-state index is -3.59. The third kappa shape index (κ3) is 7.41. The second kappa shape index (κ2) is 13.5. The molecule has 0 saturated carbocycles. The Hall–Kier alpha value is -3.85. The fraction of sp³-hybridized carbons (Fsp3) is 0.406. The molecule has 0 amide bonds. The van der Waals surface area contributed by atoms with Crippen LogP contribution in [0.3, 0.4) is 0 Å². The van der Waals surface area contributed by atoms with Gasteiger partial charge in [0.15, 0.2) is 9.84 Å². The largest absolute Gasteiger partial charge is 0.382 e. The van der Waals surface area contributed by atoms with Crippen molar-refractivity contribution in [3.63, 3.8) is 0 Å². The van der Waals surface area contributed by atoms with Crippen molar-refractivity contribution in [2.75, 3.05) is 43.6 Å². The van der Waals surface area contributed by atoms with Crippen LogP contribution in [-0.4, -0.2) is 79.9 Å². The van der Waals surface area contributed by atoms with Gasteiger partial charge in [0.1, 0.15) is 5.65 Å². The van der Waals surface area contributed by atoms with Crippen LogP contribution in [0.1, 0.15) is 32.3 Å². The molecule has 4 aromatic rings. The Balaban J connectivity index is 1.53. The highest BCUT2D eigenvalue weighted by Gasteiger charge is 2.23. The molecule has 1 aliphatic heterocycles. The fourth-order valence-corrected chi connectivity index (χ4v) is 6.84. The molecule has 12 nitrogen and oxygen atoms in total. The SMILES string of the molecule is Cc1ccc(S(=O)(=O)C(C)C)cc1-c1cc2cnc(Nc3ccc(NC4CCNCC4)cc3)nc2n(CCN(C)S(C)(=O)=O)c1=O. The lowest BCUT2D eigenvalue weighted by molar-refractivity contribution is 0.449. The highest BCUT2D eigenvalue weighted by Crippen LogP contribution is 2.28. The van der Waals surface area contributed by atoms with E-state index in [1.165, 1.54) is 22.0 Å². The molecule has 0 bridgehead atoms. The summed E-state index contributed by atoms with van der Waals surface area (Å²) in [5, 5.41) is 10.0. The highest BCUT2D eigenvalue weighted by molar-refractivity contribution is 7.92. The van der Waals surface area contributed by atoms with Crippen molar-refractivity contribution in [1.82, 2.24) is 24.2 Å². The van der Waals surface area contributed by atoms with Crippen molar-refractivity contribution in [3.8, 4) is 11.1 Å². The Labute approximate surface area is 270 Å². The van der Waals surface area contributed by atoms with Gasteiger partial charge in [0.2, 0.25) is 16.0 Å². The molecule has 0 atom stereocenters. The highest BCUT2D eigenvalue weighted by atomic mass is 32.2. The minimum Gasteiger partial charge on any atom is -0.382 e. The average molecular weight is 668 g/mol. The van der Waals surface area contributed by atoms with Gasteiger partial charge >= 0.3 is 0 Å². The second-order valence-electron chi connectivity index (χ2n) is 12.0. The number of nitrogens with zero attached hydrogens (tertiary/aromatic N) is 4. The third-order valence-electron chi connectivity index (χ3n) is 8.33. The number of piperidine rings is 1. The van der Waals surface area contributed by atoms with E-state index in [0.717, 1.165) is 49.1 Å². The lowest BCUT2D eigenvalue weighted by atomic mass is 10.0. The molecule has 1 saturated heterocycles. The first-order valence-corrected chi connectivity index (χ1v) is 18.6. The molecule has 0 unspecified atom stereocenters. The quantitative estimate of drug-likeness (QED) is 0.215. The summed E-state index contributed by atoms with van der Waals surface area (Å²) in [6, 6.07) is 14.7. The predicted molar refractivity (Wildman–Crippen MR) is 183 cm³/mol. The molecule has 246 valence electrons. The molecular formula is C32H41N7O5S2. The maximum Gasteiger partial charge on any atom is 0.260 e. The smallest absolute Gasteiger partial charge is 0.260 e. The average Bonchev–Trinajstić information content (AvgIpc) is 3.01. The standard InChI is InChI=1S/C32H41N7O5S2/c1-21(2)46(43,44)27-11-6-22(3)28(19-27)29-18-23-20-34-32(37-30(23)39(31(29)40)17-16-38(4)45(5,41)42)36-25-9-7-24(8-10-25)35-26-12-14-33-15-13-26/h6-11,18-21,26,33,35H,12-17H2,1-5H3,(H,34,36,37). The van der Waals surface area contributed by atoms with E-state index in [1.54, 1.807) is 38.2 Å². The number of likely N-dealkylation sites (N-methyl/N-ethyl adjacent to an activating group) is 1. The molecule has 14 heteroatoms. The number of hydrogen-bond acceptors (Lipinski definition) is 10. The van der Waals surface area contributed by atoms with Crippen LogP contribution in [-0.2, 0) is 26.4 Å². The van der Waals surface area contributed by atoms with Crippen molar-refractivity contribution in [2.24, 2.45) is 0 Å². The number of nitrogens with one attached hydrogen (secondary N) is 3. The monoisotopic (exact) mass is 667 g/mol. The van der Waals surface area contributed by atoms with Gasteiger partial charge in [-0.3, -0.25) is 9.36 Å². The third-order valence-corrected chi connectivity index (χ3v) is 11.8. The molecule has 3 heterocycles. The van der Waals surface area contributed by atoms with Gasteiger partial charge in [-0.05, 0) is 100 Å². The number of fused-ring (bicyclic) bond motifs is 1. The van der Waals surface area contributed by atoms with Crippen LogP contribution >= 0.6 is 0 Å². The van der Waals surface area contributed by atoms with E-state index in [9.17, 15) is 21.6 Å². The van der Waals surface area contributed by atoms with E-state index in [2.05, 4.69) is 25.9 Å². The Morgan fingerprint density at radius 2 is 1.67 bits per heavy atom. The van der Waals surface area contributed by atoms with Gasteiger partial charge in [0, 0.05) is 54.7 Å². The van der Waals surface area contributed by atoms with Gasteiger partial charge in [-0.15, -0.1) is 0 Å². The molecule has 0 aliphatic carbocycles. The first kappa shape index (κ1) is 33.5. The Bertz CT molecular complexity index is 2010. The normalized spacial score (nSPS) is 14.7. The van der Waals surface area contributed by atoms with E-state index in [1.807, 2.05) is 31.2 Å². The van der Waals surface area contributed by atoms with Crippen molar-refractivity contribution in [3.05, 3.63) is 70.6 Å². The van der Waals surface area contributed by atoms with Gasteiger partial charge in [-0.1, -0.05) is 6.07 Å². The Morgan fingerprint density at radius 3 is 2.33 bits per heavy atom. The summed E-state index contributed by atoms with van der Waals surface area (Å²) in [7, 11) is -5.65. The number of sulfonamides is 1. The fourth-order valence-electron chi connectivity index (χ4n) is 5.35. The molecule has 0 radical (unpaired) electrons. The summed E-state index contributed by atoms with van der Waals surface area (Å²) < 4.78 is 52.9. The van der Waals surface area contributed by atoms with Gasteiger partial charge in [-0.25, -0.2) is 26.1 Å². The van der Waals surface area contributed by atoms with Crippen LogP contribution in [0.15, 0.2) is 64.4 Å². The molecule has 2 aromatic carbocycles. The van der Waals surface area contributed by atoms with Gasteiger partial charge < -0.3 is 16.0 Å². The molecule has 46 heavy (non-hydrogen) atoms. The summed E-state index contributed by atoms with van der Waals surface area (Å²) in [6.07, 6.45) is 4.83. The van der Waals surface area contributed by atoms with Crippen molar-refractivity contribution < 1.29 is 16.8 Å². The van der Waals surface area contributed by atoms with Gasteiger partial charge in [0.05, 0.1) is 16.4 Å². The summed E-state index contributed by atoms with van der Waals surface area (Å²) in [5.41, 5.74) is 3.14. The summed E-state index contributed by atoms with van der Waals surface area (Å²) >= 11 is 0. The number of hydrogen-bond donors (Lipinski definition) is 3. The van der Waals surface area contributed by atoms with Crippen molar-refractivity contribution in [1.29, 1.82) is 0 Å². The zero-order valence-corrected chi connectivity index (χ0v) is 28.4. The number of aryl methyl sites for hydroxylation is 1. The van der Waals surface area contributed by atoms with E-state index in [4.69, 9.17) is 0 Å². The van der Waals surface area contributed by atoms with E-state index < -0.39 is 30.7 Å². The molecule has 1 fully saturated rings. The van der Waals surface area contributed by atoms with Crippen LogP contribution in [0.25, 0.3) is 22.2 Å². The van der Waals surface area contributed by atoms with E-state index >= 15 is 0 Å². The maximum absolute atomic E-state index is 14.1. The number of pyridine rings is 1. The minimum absolute atomic E-state index is 0.0171. The number of rotatable bonds is 11.